The largest absolute Gasteiger partial charge is 0.482 e. The highest BCUT2D eigenvalue weighted by Gasteiger charge is 2.35. The Balaban J connectivity index is 1.44. The monoisotopic (exact) mass is 475 g/mol. The van der Waals surface area contributed by atoms with Gasteiger partial charge in [0, 0.05) is 6.42 Å². The van der Waals surface area contributed by atoms with Crippen molar-refractivity contribution in [2.24, 2.45) is 0 Å². The summed E-state index contributed by atoms with van der Waals surface area (Å²) in [6.07, 6.45) is 0.670. The minimum absolute atomic E-state index is 0.144. The highest BCUT2D eigenvalue weighted by atomic mass is 16.6. The average Bonchev–Trinajstić information content (AvgIpc) is 2.88. The van der Waals surface area contributed by atoms with Gasteiger partial charge in [0.15, 0.2) is 6.61 Å². The van der Waals surface area contributed by atoms with Crippen LogP contribution in [0.3, 0.4) is 0 Å². The van der Waals surface area contributed by atoms with E-state index in [0.717, 1.165) is 11.1 Å². The molecule has 0 aromatic heterocycles. The molecule has 0 radical (unpaired) electrons. The molecule has 1 aliphatic rings. The van der Waals surface area contributed by atoms with E-state index in [1.54, 1.807) is 13.0 Å². The Morgan fingerprint density at radius 1 is 0.914 bits per heavy atom. The highest BCUT2D eigenvalue weighted by molar-refractivity contribution is 5.95. The number of carbonyl (C=O) groups is 2. The Bertz CT molecular complexity index is 1110. The lowest BCUT2D eigenvalue weighted by Crippen LogP contribution is -2.42. The number of amides is 1. The molecule has 0 spiro atoms. The smallest absolute Gasteiger partial charge is 0.419 e. The molecule has 1 amide bonds. The Morgan fingerprint density at radius 3 is 2.20 bits per heavy atom. The summed E-state index contributed by atoms with van der Waals surface area (Å²) in [5, 5.41) is 11.3. The topological polar surface area (TPSA) is 85.3 Å². The van der Waals surface area contributed by atoms with Crippen LogP contribution in [0.4, 0.5) is 16.2 Å². The maximum atomic E-state index is 13.2. The molecule has 3 aromatic rings. The van der Waals surface area contributed by atoms with Crippen LogP contribution in [-0.2, 0) is 27.1 Å². The molecule has 7 heteroatoms. The lowest BCUT2D eigenvalue weighted by Gasteiger charge is -2.34. The number of ether oxygens (including phenoxy) is 3. The van der Waals surface area contributed by atoms with Gasteiger partial charge >= 0.3 is 12.1 Å². The number of hydrogen-bond donors (Lipinski definition) is 1. The first-order chi connectivity index (χ1) is 17.0. The molecule has 1 unspecified atom stereocenters. The third-order valence-electron chi connectivity index (χ3n) is 5.92. The molecule has 7 nitrogen and oxygen atoms in total. The van der Waals surface area contributed by atoms with E-state index in [4.69, 9.17) is 14.2 Å². The van der Waals surface area contributed by atoms with Gasteiger partial charge in [-0.15, -0.1) is 0 Å². The normalized spacial score (nSPS) is 16.6. The Kier molecular flexibility index (Phi) is 7.67. The maximum Gasteiger partial charge on any atom is 0.419 e. The number of fused-ring (bicyclic) bond motifs is 1. The zero-order valence-corrected chi connectivity index (χ0v) is 19.7. The van der Waals surface area contributed by atoms with Crippen LogP contribution in [0.1, 0.15) is 24.5 Å². The number of rotatable bonds is 8. The summed E-state index contributed by atoms with van der Waals surface area (Å²) >= 11 is 0. The molecular weight excluding hydrogens is 446 g/mol. The first kappa shape index (κ1) is 24.3. The predicted molar refractivity (Wildman–Crippen MR) is 132 cm³/mol. The fourth-order valence-electron chi connectivity index (χ4n) is 4.23. The van der Waals surface area contributed by atoms with Crippen LogP contribution >= 0.6 is 0 Å². The zero-order valence-electron chi connectivity index (χ0n) is 19.7. The standard InChI is InChI=1S/C28H29NO6/c1-2-33-26(30)19-34-25-15-9-10-21-18-28(32,17-16-24(21)25)20-35-27(31)29(22-11-5-3-6-12-22)23-13-7-4-8-14-23/h3-15,32H,2,16-20H2,1H3. The predicted octanol–water partition coefficient (Wildman–Crippen LogP) is 4.82. The van der Waals surface area contributed by atoms with Crippen molar-refractivity contribution in [2.45, 2.75) is 31.8 Å². The van der Waals surface area contributed by atoms with E-state index in [1.807, 2.05) is 72.8 Å². The third kappa shape index (κ3) is 6.00. The van der Waals surface area contributed by atoms with Crippen molar-refractivity contribution < 1.29 is 28.9 Å². The second-order valence-corrected chi connectivity index (χ2v) is 8.45. The number of para-hydroxylation sites is 2. The van der Waals surface area contributed by atoms with Crippen molar-refractivity contribution >= 4 is 23.4 Å². The second-order valence-electron chi connectivity index (χ2n) is 8.45. The van der Waals surface area contributed by atoms with Gasteiger partial charge in [0.1, 0.15) is 18.0 Å². The van der Waals surface area contributed by atoms with Gasteiger partial charge in [-0.3, -0.25) is 0 Å². The fourth-order valence-corrected chi connectivity index (χ4v) is 4.23. The Morgan fingerprint density at radius 2 is 1.57 bits per heavy atom. The fraction of sp³-hybridized carbons (Fsp3) is 0.286. The maximum absolute atomic E-state index is 13.2. The summed E-state index contributed by atoms with van der Waals surface area (Å²) < 4.78 is 16.2. The van der Waals surface area contributed by atoms with Crippen molar-refractivity contribution in [2.75, 3.05) is 24.7 Å². The minimum atomic E-state index is -1.21. The molecule has 35 heavy (non-hydrogen) atoms. The van der Waals surface area contributed by atoms with Gasteiger partial charge in [0.05, 0.1) is 18.0 Å². The molecule has 0 fully saturated rings. The van der Waals surface area contributed by atoms with Gasteiger partial charge in [0.25, 0.3) is 0 Å². The van der Waals surface area contributed by atoms with E-state index in [1.165, 1.54) is 4.90 Å². The molecule has 3 aromatic carbocycles. The molecule has 4 rings (SSSR count). The Labute approximate surface area is 204 Å². The third-order valence-corrected chi connectivity index (χ3v) is 5.92. The lowest BCUT2D eigenvalue weighted by molar-refractivity contribution is -0.145. The second kappa shape index (κ2) is 11.1. The van der Waals surface area contributed by atoms with E-state index < -0.39 is 17.7 Å². The molecule has 0 bridgehead atoms. The van der Waals surface area contributed by atoms with Crippen LogP contribution in [0.2, 0.25) is 0 Å². The number of carbonyl (C=O) groups excluding carboxylic acids is 2. The summed E-state index contributed by atoms with van der Waals surface area (Å²) in [4.78, 5) is 26.3. The van der Waals surface area contributed by atoms with Crippen molar-refractivity contribution in [3.05, 3.63) is 90.0 Å². The highest BCUT2D eigenvalue weighted by Crippen LogP contribution is 2.35. The summed E-state index contributed by atoms with van der Waals surface area (Å²) in [6.45, 7) is 1.73. The van der Waals surface area contributed by atoms with Crippen molar-refractivity contribution in [3.63, 3.8) is 0 Å². The SMILES string of the molecule is CCOC(=O)COc1cccc2c1CCC(O)(COC(=O)N(c1ccccc1)c1ccccc1)C2. The molecule has 1 N–H and O–H groups in total. The van der Waals surface area contributed by atoms with Crippen molar-refractivity contribution in [3.8, 4) is 5.75 Å². The molecular formula is C28H29NO6. The zero-order chi connectivity index (χ0) is 24.7. The van der Waals surface area contributed by atoms with E-state index in [0.29, 0.717) is 43.0 Å². The van der Waals surface area contributed by atoms with Gasteiger partial charge in [-0.1, -0.05) is 48.5 Å². The molecule has 1 aliphatic carbocycles. The summed E-state index contributed by atoms with van der Waals surface area (Å²) in [5.41, 5.74) is 1.99. The van der Waals surface area contributed by atoms with Gasteiger partial charge in [-0.05, 0) is 61.2 Å². The molecule has 0 saturated heterocycles. The van der Waals surface area contributed by atoms with Crippen LogP contribution in [0.15, 0.2) is 78.9 Å². The first-order valence-electron chi connectivity index (χ1n) is 11.7. The quantitative estimate of drug-likeness (QED) is 0.470. The van der Waals surface area contributed by atoms with Gasteiger partial charge in [-0.2, -0.15) is 0 Å². The number of benzene rings is 3. The number of anilines is 2. The van der Waals surface area contributed by atoms with Crippen LogP contribution < -0.4 is 9.64 Å². The van der Waals surface area contributed by atoms with Crippen LogP contribution in [0, 0.1) is 0 Å². The molecule has 0 aliphatic heterocycles. The average molecular weight is 476 g/mol. The van der Waals surface area contributed by atoms with Gasteiger partial charge in [-0.25, -0.2) is 14.5 Å². The summed E-state index contributed by atoms with van der Waals surface area (Å²) in [7, 11) is 0. The van der Waals surface area contributed by atoms with E-state index in [2.05, 4.69) is 0 Å². The summed E-state index contributed by atoms with van der Waals surface area (Å²) in [6, 6.07) is 24.0. The van der Waals surface area contributed by atoms with Crippen LogP contribution in [0.25, 0.3) is 0 Å². The lowest BCUT2D eigenvalue weighted by atomic mass is 9.80. The van der Waals surface area contributed by atoms with Gasteiger partial charge < -0.3 is 19.3 Å². The first-order valence-corrected chi connectivity index (χ1v) is 11.7. The molecule has 0 saturated carbocycles. The number of esters is 1. The number of aliphatic hydroxyl groups is 1. The minimum Gasteiger partial charge on any atom is -0.482 e. The molecule has 0 heterocycles. The Hall–Kier alpha value is -3.84. The van der Waals surface area contributed by atoms with Gasteiger partial charge in [0.2, 0.25) is 0 Å². The van der Waals surface area contributed by atoms with Crippen LogP contribution in [-0.4, -0.2) is 42.6 Å². The van der Waals surface area contributed by atoms with Crippen molar-refractivity contribution in [1.82, 2.24) is 0 Å². The van der Waals surface area contributed by atoms with E-state index in [9.17, 15) is 14.7 Å². The van der Waals surface area contributed by atoms with E-state index >= 15 is 0 Å². The van der Waals surface area contributed by atoms with Crippen LogP contribution in [0.5, 0.6) is 5.75 Å². The molecule has 182 valence electrons. The summed E-state index contributed by atoms with van der Waals surface area (Å²) in [5.74, 6) is 0.180. The molecule has 1 atom stereocenters. The van der Waals surface area contributed by atoms with E-state index in [-0.39, 0.29) is 13.2 Å². The number of hydrogen-bond acceptors (Lipinski definition) is 6. The van der Waals surface area contributed by atoms with Crippen molar-refractivity contribution in [1.29, 1.82) is 0 Å². The number of nitrogens with zero attached hydrogens (tertiary/aromatic N) is 1.